The molecule has 1 N–H and O–H groups in total. The standard InChI is InChI=1S/C13H11NO3S/c15-18(16)9-17-13-7-6-11(8-12(13)14-18)10-4-2-1-3-5-10/h1-8,14H,9H2. The summed E-state index contributed by atoms with van der Waals surface area (Å²) in [7, 11) is -3.37. The van der Waals surface area contributed by atoms with Gasteiger partial charge in [0.25, 0.3) is 10.0 Å². The van der Waals surface area contributed by atoms with Gasteiger partial charge < -0.3 is 4.74 Å². The van der Waals surface area contributed by atoms with Crippen molar-refractivity contribution in [1.82, 2.24) is 0 Å². The monoisotopic (exact) mass is 261 g/mol. The highest BCUT2D eigenvalue weighted by molar-refractivity contribution is 7.92. The van der Waals surface area contributed by atoms with Gasteiger partial charge in [-0.05, 0) is 23.3 Å². The molecule has 0 fully saturated rings. The molecule has 0 saturated heterocycles. The summed E-state index contributed by atoms with van der Waals surface area (Å²) in [6, 6.07) is 15.2. The van der Waals surface area contributed by atoms with Crippen LogP contribution < -0.4 is 9.46 Å². The first-order valence-corrected chi connectivity index (χ1v) is 7.12. The summed E-state index contributed by atoms with van der Waals surface area (Å²) in [6.07, 6.45) is 0. The number of sulfonamides is 1. The number of fused-ring (bicyclic) bond motifs is 1. The molecule has 0 aromatic heterocycles. The minimum Gasteiger partial charge on any atom is -0.474 e. The first-order chi connectivity index (χ1) is 8.64. The van der Waals surface area contributed by atoms with Gasteiger partial charge in [0.2, 0.25) is 5.94 Å². The van der Waals surface area contributed by atoms with Crippen LogP contribution in [0.4, 0.5) is 5.69 Å². The summed E-state index contributed by atoms with van der Waals surface area (Å²) in [5.41, 5.74) is 2.47. The van der Waals surface area contributed by atoms with E-state index in [4.69, 9.17) is 4.74 Å². The lowest BCUT2D eigenvalue weighted by atomic mass is 10.1. The molecule has 0 atom stereocenters. The highest BCUT2D eigenvalue weighted by Gasteiger charge is 2.21. The van der Waals surface area contributed by atoms with Crippen LogP contribution in [0.1, 0.15) is 0 Å². The van der Waals surface area contributed by atoms with E-state index in [1.54, 1.807) is 12.1 Å². The molecule has 0 bridgehead atoms. The minimum atomic E-state index is -3.37. The Morgan fingerprint density at radius 1 is 1.00 bits per heavy atom. The summed E-state index contributed by atoms with van der Waals surface area (Å²) in [5, 5.41) is 0. The fourth-order valence-electron chi connectivity index (χ4n) is 1.88. The molecule has 1 aliphatic rings. The Bertz CT molecular complexity index is 681. The van der Waals surface area contributed by atoms with Crippen LogP contribution >= 0.6 is 0 Å². The maximum atomic E-state index is 11.4. The summed E-state index contributed by atoms with van der Waals surface area (Å²) < 4.78 is 30.5. The van der Waals surface area contributed by atoms with Gasteiger partial charge in [0.1, 0.15) is 5.75 Å². The van der Waals surface area contributed by atoms with Crippen molar-refractivity contribution >= 4 is 15.7 Å². The lowest BCUT2D eigenvalue weighted by Crippen LogP contribution is -2.25. The van der Waals surface area contributed by atoms with Gasteiger partial charge in [-0.2, -0.15) is 0 Å². The van der Waals surface area contributed by atoms with E-state index >= 15 is 0 Å². The first-order valence-electron chi connectivity index (χ1n) is 5.47. The molecule has 92 valence electrons. The summed E-state index contributed by atoms with van der Waals surface area (Å²) in [4.78, 5) is 0. The van der Waals surface area contributed by atoms with E-state index in [1.165, 1.54) is 0 Å². The third-order valence-corrected chi connectivity index (χ3v) is 3.68. The second kappa shape index (κ2) is 4.03. The number of anilines is 1. The largest absolute Gasteiger partial charge is 0.474 e. The Morgan fingerprint density at radius 3 is 2.56 bits per heavy atom. The molecule has 2 aromatic carbocycles. The van der Waals surface area contributed by atoms with Crippen LogP contribution in [0, 0.1) is 0 Å². The number of ether oxygens (including phenoxy) is 1. The lowest BCUT2D eigenvalue weighted by molar-refractivity contribution is 0.374. The summed E-state index contributed by atoms with van der Waals surface area (Å²) in [5.74, 6) is 0.231. The van der Waals surface area contributed by atoms with Gasteiger partial charge in [-0.25, -0.2) is 8.42 Å². The molecule has 18 heavy (non-hydrogen) atoms. The highest BCUT2D eigenvalue weighted by atomic mass is 32.2. The summed E-state index contributed by atoms with van der Waals surface area (Å²) in [6.45, 7) is 0. The van der Waals surface area contributed by atoms with Crippen molar-refractivity contribution in [3.05, 3.63) is 48.5 Å². The smallest absolute Gasteiger partial charge is 0.268 e. The molecule has 0 amide bonds. The van der Waals surface area contributed by atoms with E-state index in [0.717, 1.165) is 11.1 Å². The van der Waals surface area contributed by atoms with Gasteiger partial charge in [-0.3, -0.25) is 4.72 Å². The second-order valence-corrected chi connectivity index (χ2v) is 5.73. The van der Waals surface area contributed by atoms with E-state index in [-0.39, 0.29) is 5.94 Å². The Balaban J connectivity index is 2.06. The number of benzene rings is 2. The predicted molar refractivity (Wildman–Crippen MR) is 69.9 cm³/mol. The third kappa shape index (κ3) is 2.04. The molecule has 1 heterocycles. The molecule has 0 aliphatic carbocycles. The van der Waals surface area contributed by atoms with E-state index in [9.17, 15) is 8.42 Å². The van der Waals surface area contributed by atoms with Crippen LogP contribution in [0.5, 0.6) is 5.75 Å². The van der Waals surface area contributed by atoms with Crippen molar-refractivity contribution in [3.63, 3.8) is 0 Å². The molecule has 0 radical (unpaired) electrons. The van der Waals surface area contributed by atoms with Crippen LogP contribution in [0.15, 0.2) is 48.5 Å². The molecule has 0 saturated carbocycles. The van der Waals surface area contributed by atoms with E-state index in [0.29, 0.717) is 11.4 Å². The van der Waals surface area contributed by atoms with Crippen molar-refractivity contribution in [2.45, 2.75) is 0 Å². The average molecular weight is 261 g/mol. The van der Waals surface area contributed by atoms with Gasteiger partial charge in [0.15, 0.2) is 0 Å². The van der Waals surface area contributed by atoms with Gasteiger partial charge in [0.05, 0.1) is 5.69 Å². The van der Waals surface area contributed by atoms with Crippen molar-refractivity contribution in [1.29, 1.82) is 0 Å². The van der Waals surface area contributed by atoms with Gasteiger partial charge in [-0.1, -0.05) is 36.4 Å². The molecule has 1 aliphatic heterocycles. The predicted octanol–water partition coefficient (Wildman–Crippen LogP) is 2.45. The minimum absolute atomic E-state index is 0.329. The number of hydrogen-bond acceptors (Lipinski definition) is 3. The van der Waals surface area contributed by atoms with Crippen LogP contribution in [-0.4, -0.2) is 14.4 Å². The maximum absolute atomic E-state index is 11.4. The zero-order valence-electron chi connectivity index (χ0n) is 9.46. The highest BCUT2D eigenvalue weighted by Crippen LogP contribution is 2.33. The zero-order chi connectivity index (χ0) is 12.6. The van der Waals surface area contributed by atoms with Crippen LogP contribution in [0.25, 0.3) is 11.1 Å². The van der Waals surface area contributed by atoms with E-state index in [1.807, 2.05) is 36.4 Å². The molecule has 4 nitrogen and oxygen atoms in total. The van der Waals surface area contributed by atoms with Crippen LogP contribution in [-0.2, 0) is 10.0 Å². The molecular formula is C13H11NO3S. The molecule has 0 spiro atoms. The zero-order valence-corrected chi connectivity index (χ0v) is 10.3. The van der Waals surface area contributed by atoms with Crippen molar-refractivity contribution in [2.75, 3.05) is 10.7 Å². The fourth-order valence-corrected chi connectivity index (χ4v) is 2.72. The Kier molecular flexibility index (Phi) is 2.48. The Morgan fingerprint density at radius 2 is 1.78 bits per heavy atom. The molecular weight excluding hydrogens is 250 g/mol. The fraction of sp³-hybridized carbons (Fsp3) is 0.0769. The van der Waals surface area contributed by atoms with E-state index in [2.05, 4.69) is 4.72 Å². The number of rotatable bonds is 1. The lowest BCUT2D eigenvalue weighted by Gasteiger charge is -2.19. The van der Waals surface area contributed by atoms with Crippen molar-refractivity contribution < 1.29 is 13.2 Å². The molecule has 5 heteroatoms. The van der Waals surface area contributed by atoms with Gasteiger partial charge in [0, 0.05) is 0 Å². The first kappa shape index (κ1) is 11.1. The maximum Gasteiger partial charge on any atom is 0.268 e. The van der Waals surface area contributed by atoms with E-state index < -0.39 is 10.0 Å². The van der Waals surface area contributed by atoms with Crippen LogP contribution in [0.2, 0.25) is 0 Å². The van der Waals surface area contributed by atoms with Crippen LogP contribution in [0.3, 0.4) is 0 Å². The molecule has 3 rings (SSSR count). The van der Waals surface area contributed by atoms with Crippen molar-refractivity contribution in [3.8, 4) is 16.9 Å². The quantitative estimate of drug-likeness (QED) is 0.857. The van der Waals surface area contributed by atoms with Crippen molar-refractivity contribution in [2.24, 2.45) is 0 Å². The Labute approximate surface area is 105 Å². The topological polar surface area (TPSA) is 55.4 Å². The molecule has 2 aromatic rings. The molecule has 0 unspecified atom stereocenters. The summed E-state index contributed by atoms with van der Waals surface area (Å²) >= 11 is 0. The Hall–Kier alpha value is -2.01. The normalized spacial score (nSPS) is 16.2. The average Bonchev–Trinajstić information content (AvgIpc) is 2.38. The second-order valence-electron chi connectivity index (χ2n) is 4.06. The third-order valence-electron chi connectivity index (χ3n) is 2.72. The number of hydrogen-bond donors (Lipinski definition) is 1. The van der Waals surface area contributed by atoms with Gasteiger partial charge >= 0.3 is 0 Å². The number of nitrogens with one attached hydrogen (secondary N) is 1. The SMILES string of the molecule is O=S1(=O)COc2ccc(-c3ccccc3)cc2N1. The van der Waals surface area contributed by atoms with Gasteiger partial charge in [-0.15, -0.1) is 0 Å².